The molecule has 0 aliphatic heterocycles. The number of benzene rings is 2. The molecule has 0 atom stereocenters. The standard InChI is InChI=1S/C16H14N4O6/c17-16(23)12-3-1-2-4-14(12)26-9-15(22)19-18-8-10-7-11(20(24)25)5-6-13(10)21/h1-8,21H,9H2,(H2,17,23)(H,19,22)/b18-8-. The minimum atomic E-state index is -0.694. The Kier molecular flexibility index (Phi) is 5.83. The largest absolute Gasteiger partial charge is 0.507 e. The molecule has 2 aromatic carbocycles. The Hall–Kier alpha value is -3.95. The van der Waals surface area contributed by atoms with Crippen molar-refractivity contribution in [2.24, 2.45) is 10.8 Å². The van der Waals surface area contributed by atoms with Gasteiger partial charge in [0.15, 0.2) is 6.61 Å². The number of phenols is 1. The number of non-ortho nitro benzene ring substituents is 1. The Morgan fingerprint density at radius 3 is 2.73 bits per heavy atom. The Morgan fingerprint density at radius 2 is 2.04 bits per heavy atom. The van der Waals surface area contributed by atoms with E-state index in [2.05, 4.69) is 10.5 Å². The van der Waals surface area contributed by atoms with E-state index in [1.165, 1.54) is 12.1 Å². The second kappa shape index (κ2) is 8.24. The molecule has 2 amide bonds. The quantitative estimate of drug-likeness (QED) is 0.379. The molecule has 10 heteroatoms. The van der Waals surface area contributed by atoms with Crippen LogP contribution in [0.15, 0.2) is 47.6 Å². The van der Waals surface area contributed by atoms with E-state index < -0.39 is 23.3 Å². The van der Waals surface area contributed by atoms with Crippen molar-refractivity contribution in [3.63, 3.8) is 0 Å². The zero-order valence-corrected chi connectivity index (χ0v) is 13.3. The zero-order chi connectivity index (χ0) is 19.1. The van der Waals surface area contributed by atoms with Gasteiger partial charge >= 0.3 is 0 Å². The number of nitro groups is 1. The van der Waals surface area contributed by atoms with E-state index in [1.54, 1.807) is 12.1 Å². The van der Waals surface area contributed by atoms with Gasteiger partial charge < -0.3 is 15.6 Å². The van der Waals surface area contributed by atoms with Crippen LogP contribution >= 0.6 is 0 Å². The van der Waals surface area contributed by atoms with Crippen LogP contribution in [0.5, 0.6) is 11.5 Å². The summed E-state index contributed by atoms with van der Waals surface area (Å²) >= 11 is 0. The molecule has 0 bridgehead atoms. The number of aromatic hydroxyl groups is 1. The van der Waals surface area contributed by atoms with Crippen LogP contribution in [0.2, 0.25) is 0 Å². The summed E-state index contributed by atoms with van der Waals surface area (Å²) in [6, 6.07) is 9.54. The predicted octanol–water partition coefficient (Wildman–Crippen LogP) is 0.928. The van der Waals surface area contributed by atoms with E-state index in [-0.39, 0.29) is 28.3 Å². The normalized spacial score (nSPS) is 10.5. The van der Waals surface area contributed by atoms with E-state index >= 15 is 0 Å². The van der Waals surface area contributed by atoms with Gasteiger partial charge in [-0.15, -0.1) is 0 Å². The highest BCUT2D eigenvalue weighted by Crippen LogP contribution is 2.21. The predicted molar refractivity (Wildman–Crippen MR) is 91.0 cm³/mol. The molecule has 0 spiro atoms. The van der Waals surface area contributed by atoms with Crippen molar-refractivity contribution < 1.29 is 24.4 Å². The maximum atomic E-state index is 11.7. The Morgan fingerprint density at radius 1 is 1.31 bits per heavy atom. The summed E-state index contributed by atoms with van der Waals surface area (Å²) in [5, 5.41) is 23.9. The molecule has 0 fully saturated rings. The van der Waals surface area contributed by atoms with Crippen molar-refractivity contribution in [3.05, 3.63) is 63.7 Å². The van der Waals surface area contributed by atoms with Crippen molar-refractivity contribution in [1.82, 2.24) is 5.43 Å². The van der Waals surface area contributed by atoms with Crippen LogP contribution in [0.4, 0.5) is 5.69 Å². The molecule has 0 aliphatic carbocycles. The van der Waals surface area contributed by atoms with Crippen LogP contribution in [-0.4, -0.2) is 34.7 Å². The number of hydrogen-bond donors (Lipinski definition) is 3. The van der Waals surface area contributed by atoms with Gasteiger partial charge in [-0.1, -0.05) is 12.1 Å². The fourth-order valence-corrected chi connectivity index (χ4v) is 1.90. The van der Waals surface area contributed by atoms with Crippen molar-refractivity contribution in [2.75, 3.05) is 6.61 Å². The van der Waals surface area contributed by atoms with Crippen LogP contribution in [0.3, 0.4) is 0 Å². The number of nitrogens with one attached hydrogen (secondary N) is 1. The van der Waals surface area contributed by atoms with Crippen LogP contribution in [0, 0.1) is 10.1 Å². The van der Waals surface area contributed by atoms with Crippen molar-refractivity contribution in [1.29, 1.82) is 0 Å². The number of hydrogen-bond acceptors (Lipinski definition) is 7. The maximum Gasteiger partial charge on any atom is 0.277 e. The van der Waals surface area contributed by atoms with Crippen LogP contribution in [0.25, 0.3) is 0 Å². The van der Waals surface area contributed by atoms with Gasteiger partial charge in [0.2, 0.25) is 0 Å². The van der Waals surface area contributed by atoms with Crippen LogP contribution in [0.1, 0.15) is 15.9 Å². The molecule has 0 unspecified atom stereocenters. The number of primary amides is 1. The summed E-state index contributed by atoms with van der Waals surface area (Å²) in [7, 11) is 0. The minimum Gasteiger partial charge on any atom is -0.507 e. The molecule has 2 aromatic rings. The first-order valence-corrected chi connectivity index (χ1v) is 7.19. The van der Waals surface area contributed by atoms with Gasteiger partial charge in [-0.05, 0) is 18.2 Å². The molecule has 0 saturated heterocycles. The number of nitrogens with two attached hydrogens (primary N) is 1. The molecule has 2 rings (SSSR count). The number of nitrogens with zero attached hydrogens (tertiary/aromatic N) is 2. The Balaban J connectivity index is 1.95. The van der Waals surface area contributed by atoms with Gasteiger partial charge in [-0.3, -0.25) is 19.7 Å². The van der Waals surface area contributed by atoms with Gasteiger partial charge in [0.25, 0.3) is 17.5 Å². The number of amides is 2. The number of nitro benzene ring substituents is 1. The number of ether oxygens (including phenoxy) is 1. The van der Waals surface area contributed by atoms with Gasteiger partial charge in [0, 0.05) is 17.7 Å². The van der Waals surface area contributed by atoms with Crippen LogP contribution in [-0.2, 0) is 4.79 Å². The lowest BCUT2D eigenvalue weighted by Crippen LogP contribution is -2.25. The number of rotatable bonds is 7. The summed E-state index contributed by atoms with van der Waals surface area (Å²) in [6.07, 6.45) is 1.05. The second-order valence-corrected chi connectivity index (χ2v) is 4.94. The fraction of sp³-hybridized carbons (Fsp3) is 0.0625. The number of carbonyl (C=O) groups is 2. The first kappa shape index (κ1) is 18.4. The van der Waals surface area contributed by atoms with Crippen molar-refractivity contribution in [3.8, 4) is 11.5 Å². The molecule has 0 heterocycles. The molecule has 26 heavy (non-hydrogen) atoms. The Bertz CT molecular complexity index is 881. The minimum absolute atomic E-state index is 0.0551. The van der Waals surface area contributed by atoms with Gasteiger partial charge in [-0.2, -0.15) is 5.10 Å². The average Bonchev–Trinajstić information content (AvgIpc) is 2.61. The van der Waals surface area contributed by atoms with E-state index in [4.69, 9.17) is 10.5 Å². The fourth-order valence-electron chi connectivity index (χ4n) is 1.90. The summed E-state index contributed by atoms with van der Waals surface area (Å²) in [5.41, 5.74) is 7.28. The van der Waals surface area contributed by atoms with Gasteiger partial charge in [-0.25, -0.2) is 5.43 Å². The highest BCUT2D eigenvalue weighted by Gasteiger charge is 2.11. The third-order valence-corrected chi connectivity index (χ3v) is 3.13. The number of carbonyl (C=O) groups excluding carboxylic acids is 2. The van der Waals surface area contributed by atoms with Gasteiger partial charge in [0.1, 0.15) is 11.5 Å². The first-order chi connectivity index (χ1) is 12.4. The highest BCUT2D eigenvalue weighted by atomic mass is 16.6. The maximum absolute atomic E-state index is 11.7. The molecule has 0 aromatic heterocycles. The van der Waals surface area contributed by atoms with E-state index in [0.717, 1.165) is 24.4 Å². The van der Waals surface area contributed by atoms with Crippen LogP contribution < -0.4 is 15.9 Å². The molecule has 10 nitrogen and oxygen atoms in total. The lowest BCUT2D eigenvalue weighted by Gasteiger charge is -2.08. The third kappa shape index (κ3) is 4.77. The van der Waals surface area contributed by atoms with Gasteiger partial charge in [0.05, 0.1) is 16.7 Å². The molecule has 0 radical (unpaired) electrons. The highest BCUT2D eigenvalue weighted by molar-refractivity contribution is 5.95. The number of para-hydroxylation sites is 1. The Labute approximate surface area is 147 Å². The summed E-state index contributed by atoms with van der Waals surface area (Å²) < 4.78 is 5.21. The monoisotopic (exact) mass is 358 g/mol. The van der Waals surface area contributed by atoms with Crippen molar-refractivity contribution in [2.45, 2.75) is 0 Å². The number of phenolic OH excluding ortho intramolecular Hbond substituents is 1. The zero-order valence-electron chi connectivity index (χ0n) is 13.3. The topological polar surface area (TPSA) is 157 Å². The summed E-state index contributed by atoms with van der Waals surface area (Å²) in [5.74, 6) is -1.43. The molecular formula is C16H14N4O6. The van der Waals surface area contributed by atoms with Crippen molar-refractivity contribution >= 4 is 23.7 Å². The number of hydrazone groups is 1. The summed E-state index contributed by atoms with van der Waals surface area (Å²) in [4.78, 5) is 33.0. The molecule has 0 saturated carbocycles. The lowest BCUT2D eigenvalue weighted by molar-refractivity contribution is -0.384. The molecule has 0 aliphatic rings. The lowest BCUT2D eigenvalue weighted by atomic mass is 10.2. The average molecular weight is 358 g/mol. The third-order valence-electron chi connectivity index (χ3n) is 3.13. The SMILES string of the molecule is NC(=O)c1ccccc1OCC(=O)N/N=C\c1cc([N+](=O)[O-])ccc1O. The molecule has 134 valence electrons. The summed E-state index contributed by atoms with van der Waals surface area (Å²) in [6.45, 7) is -0.442. The first-order valence-electron chi connectivity index (χ1n) is 7.19. The molecule has 4 N–H and O–H groups in total. The second-order valence-electron chi connectivity index (χ2n) is 4.94. The van der Waals surface area contributed by atoms with E-state index in [0.29, 0.717) is 0 Å². The van der Waals surface area contributed by atoms with E-state index in [9.17, 15) is 24.8 Å². The van der Waals surface area contributed by atoms with E-state index in [1.807, 2.05) is 0 Å². The molecular weight excluding hydrogens is 344 g/mol. The smallest absolute Gasteiger partial charge is 0.277 e.